The fourth-order valence-corrected chi connectivity index (χ4v) is 7.30. The van der Waals surface area contributed by atoms with E-state index in [1.807, 2.05) is 43.0 Å². The van der Waals surface area contributed by atoms with Crippen LogP contribution in [0.5, 0.6) is 11.5 Å². The van der Waals surface area contributed by atoms with Crippen LogP contribution in [0, 0.1) is 25.7 Å². The molecule has 1 saturated heterocycles. The van der Waals surface area contributed by atoms with E-state index in [4.69, 9.17) is 4.74 Å². The maximum atomic E-state index is 13.1. The molecule has 1 aromatic carbocycles. The number of hydrogen-bond donors (Lipinski definition) is 1. The number of thiophene rings is 1. The first kappa shape index (κ1) is 29.3. The molecule has 0 radical (unpaired) electrons. The molecule has 6 rings (SSSR count). The molecule has 0 bridgehead atoms. The van der Waals surface area contributed by atoms with Gasteiger partial charge in [0.05, 0.1) is 18.1 Å². The largest absolute Gasteiger partial charge is 0.455 e. The second-order valence-electron chi connectivity index (χ2n) is 12.2. The molecule has 1 fully saturated rings. The first-order valence-corrected chi connectivity index (χ1v) is 16.0. The van der Waals surface area contributed by atoms with Crippen molar-refractivity contribution in [2.75, 3.05) is 31.5 Å². The number of aromatic nitrogens is 3. The van der Waals surface area contributed by atoms with E-state index >= 15 is 0 Å². The van der Waals surface area contributed by atoms with Crippen molar-refractivity contribution in [1.29, 1.82) is 0 Å². The van der Waals surface area contributed by atoms with Crippen LogP contribution >= 0.6 is 11.3 Å². The number of ether oxygens (including phenoxy) is 1. The van der Waals surface area contributed by atoms with Gasteiger partial charge < -0.3 is 15.0 Å². The first-order chi connectivity index (χ1) is 20.8. The van der Waals surface area contributed by atoms with E-state index in [0.717, 1.165) is 64.8 Å². The third kappa shape index (κ3) is 6.89. The average Bonchev–Trinajstić information content (AvgIpc) is 3.28. The lowest BCUT2D eigenvalue weighted by Crippen LogP contribution is -2.34. The van der Waals surface area contributed by atoms with E-state index in [9.17, 15) is 4.79 Å². The molecule has 2 aliphatic heterocycles. The standard InChI is InChI=1S/C34H40N6O2S/c1-22-7-8-23(2)19-39(18-22)14-5-6-31(41)40-15-13-28-30(20-40)43-34-32(28)33(36-21-37-34)38-26-10-12-29(24(3)16-26)42-27-11-9-25(4)35-17-27/h5-6,9-12,16-17,21-23H,7-8,13-15,18-20H2,1-4H3,(H,36,37,38)/b6-5+/t22-,23+. The van der Waals surface area contributed by atoms with Crippen molar-refractivity contribution in [3.63, 3.8) is 0 Å². The van der Waals surface area contributed by atoms with E-state index in [0.29, 0.717) is 30.7 Å². The molecule has 3 aromatic heterocycles. The van der Waals surface area contributed by atoms with Crippen molar-refractivity contribution in [3.05, 3.63) is 76.7 Å². The molecule has 1 amide bonds. The number of nitrogens with zero attached hydrogens (tertiary/aromatic N) is 5. The fraction of sp³-hybridized carbons (Fsp3) is 0.412. The highest BCUT2D eigenvalue weighted by molar-refractivity contribution is 7.19. The second kappa shape index (κ2) is 12.8. The third-order valence-electron chi connectivity index (χ3n) is 8.41. The van der Waals surface area contributed by atoms with Crippen molar-refractivity contribution in [2.24, 2.45) is 11.8 Å². The Labute approximate surface area is 257 Å². The van der Waals surface area contributed by atoms with Crippen molar-refractivity contribution in [3.8, 4) is 11.5 Å². The first-order valence-electron chi connectivity index (χ1n) is 15.2. The van der Waals surface area contributed by atoms with Crippen LogP contribution in [0.25, 0.3) is 10.2 Å². The molecular formula is C34H40N6O2S. The van der Waals surface area contributed by atoms with Crippen molar-refractivity contribution >= 4 is 39.0 Å². The zero-order valence-corrected chi connectivity index (χ0v) is 26.3. The third-order valence-corrected chi connectivity index (χ3v) is 9.54. The molecule has 4 aromatic rings. The number of fused-ring (bicyclic) bond motifs is 3. The van der Waals surface area contributed by atoms with Gasteiger partial charge in [-0.3, -0.25) is 14.7 Å². The number of carbonyl (C=O) groups excluding carboxylic acids is 1. The van der Waals surface area contributed by atoms with E-state index < -0.39 is 0 Å². The van der Waals surface area contributed by atoms with Gasteiger partial charge in [0, 0.05) is 48.5 Å². The summed E-state index contributed by atoms with van der Waals surface area (Å²) in [7, 11) is 0. The molecule has 9 heteroatoms. The molecule has 0 unspecified atom stereocenters. The SMILES string of the molecule is Cc1ccc(Oc2ccc(Nc3ncnc4sc5c(c34)CCN(C(=O)/C=C/CN3C[C@H](C)CC[C@H](C)C3)C5)cc2C)cn1. The van der Waals surface area contributed by atoms with E-state index in [1.165, 1.54) is 23.3 Å². The summed E-state index contributed by atoms with van der Waals surface area (Å²) in [4.78, 5) is 33.2. The molecule has 224 valence electrons. The Hall–Kier alpha value is -3.82. The highest BCUT2D eigenvalue weighted by atomic mass is 32.1. The van der Waals surface area contributed by atoms with Crippen LogP contribution in [0.1, 0.15) is 48.4 Å². The number of likely N-dealkylation sites (tertiary alicyclic amines) is 1. The van der Waals surface area contributed by atoms with Gasteiger partial charge in [-0.15, -0.1) is 11.3 Å². The Morgan fingerprint density at radius 2 is 1.91 bits per heavy atom. The normalized spacial score (nSPS) is 19.4. The minimum atomic E-state index is 0.0858. The van der Waals surface area contributed by atoms with Crippen LogP contribution in [0.3, 0.4) is 0 Å². The number of anilines is 2. The molecular weight excluding hydrogens is 556 g/mol. The van der Waals surface area contributed by atoms with Crippen LogP contribution < -0.4 is 10.1 Å². The molecule has 0 spiro atoms. The molecule has 2 atom stereocenters. The van der Waals surface area contributed by atoms with Crippen LogP contribution in [-0.2, 0) is 17.8 Å². The minimum absolute atomic E-state index is 0.0858. The van der Waals surface area contributed by atoms with Gasteiger partial charge in [0.15, 0.2) is 0 Å². The summed E-state index contributed by atoms with van der Waals surface area (Å²) in [5.41, 5.74) is 4.13. The van der Waals surface area contributed by atoms with Crippen LogP contribution in [-0.4, -0.2) is 56.8 Å². The number of carbonyl (C=O) groups is 1. The van der Waals surface area contributed by atoms with Gasteiger partial charge >= 0.3 is 0 Å². The molecule has 8 nitrogen and oxygen atoms in total. The Balaban J connectivity index is 1.13. The Bertz CT molecular complexity index is 1620. The lowest BCUT2D eigenvalue weighted by Gasteiger charge is -2.26. The fourth-order valence-electron chi connectivity index (χ4n) is 6.10. The lowest BCUT2D eigenvalue weighted by atomic mass is 10.0. The Kier molecular flexibility index (Phi) is 8.72. The molecule has 5 heterocycles. The Morgan fingerprint density at radius 3 is 2.65 bits per heavy atom. The summed E-state index contributed by atoms with van der Waals surface area (Å²) < 4.78 is 6.05. The van der Waals surface area contributed by atoms with E-state index in [2.05, 4.69) is 51.2 Å². The summed E-state index contributed by atoms with van der Waals surface area (Å²) >= 11 is 1.66. The number of pyridine rings is 1. The molecule has 43 heavy (non-hydrogen) atoms. The number of amides is 1. The summed E-state index contributed by atoms with van der Waals surface area (Å²) in [6, 6.07) is 9.88. The van der Waals surface area contributed by atoms with Gasteiger partial charge in [0.1, 0.15) is 28.5 Å². The second-order valence-corrected chi connectivity index (χ2v) is 13.3. The highest BCUT2D eigenvalue weighted by Gasteiger charge is 2.26. The Morgan fingerprint density at radius 1 is 1.09 bits per heavy atom. The zero-order chi connectivity index (χ0) is 29.9. The number of rotatable bonds is 7. The summed E-state index contributed by atoms with van der Waals surface area (Å²) in [6.07, 6.45) is 10.5. The van der Waals surface area contributed by atoms with Crippen molar-refractivity contribution < 1.29 is 9.53 Å². The van der Waals surface area contributed by atoms with Crippen molar-refractivity contribution in [2.45, 2.75) is 53.5 Å². The monoisotopic (exact) mass is 596 g/mol. The van der Waals surface area contributed by atoms with Gasteiger partial charge in [0.2, 0.25) is 5.91 Å². The number of aryl methyl sites for hydroxylation is 2. The predicted molar refractivity (Wildman–Crippen MR) is 173 cm³/mol. The number of nitrogens with one attached hydrogen (secondary N) is 1. The van der Waals surface area contributed by atoms with Crippen LogP contribution in [0.4, 0.5) is 11.5 Å². The maximum Gasteiger partial charge on any atom is 0.246 e. The van der Waals surface area contributed by atoms with Gasteiger partial charge in [0.25, 0.3) is 0 Å². The number of benzene rings is 1. The predicted octanol–water partition coefficient (Wildman–Crippen LogP) is 7.05. The summed E-state index contributed by atoms with van der Waals surface area (Å²) in [5, 5.41) is 4.57. The molecule has 0 saturated carbocycles. The smallest absolute Gasteiger partial charge is 0.246 e. The van der Waals surface area contributed by atoms with Crippen LogP contribution in [0.2, 0.25) is 0 Å². The van der Waals surface area contributed by atoms with E-state index in [-0.39, 0.29) is 5.91 Å². The zero-order valence-electron chi connectivity index (χ0n) is 25.5. The molecule has 0 aliphatic carbocycles. The maximum absolute atomic E-state index is 13.1. The minimum Gasteiger partial charge on any atom is -0.455 e. The lowest BCUT2D eigenvalue weighted by molar-refractivity contribution is -0.126. The van der Waals surface area contributed by atoms with Crippen LogP contribution in [0.15, 0.2) is 55.0 Å². The molecule has 2 aliphatic rings. The van der Waals surface area contributed by atoms with Gasteiger partial charge in [-0.2, -0.15) is 0 Å². The summed E-state index contributed by atoms with van der Waals surface area (Å²) in [5.74, 6) is 3.79. The average molecular weight is 597 g/mol. The molecule has 1 N–H and O–H groups in total. The van der Waals surface area contributed by atoms with Gasteiger partial charge in [-0.25, -0.2) is 9.97 Å². The highest BCUT2D eigenvalue weighted by Crippen LogP contribution is 2.38. The number of hydrogen-bond acceptors (Lipinski definition) is 8. The summed E-state index contributed by atoms with van der Waals surface area (Å²) in [6.45, 7) is 13.0. The van der Waals surface area contributed by atoms with Crippen molar-refractivity contribution in [1.82, 2.24) is 24.8 Å². The topological polar surface area (TPSA) is 83.5 Å². The quantitative estimate of drug-likeness (QED) is 0.229. The van der Waals surface area contributed by atoms with Gasteiger partial charge in [-0.05, 0) is 86.4 Å². The van der Waals surface area contributed by atoms with E-state index in [1.54, 1.807) is 29.9 Å². The van der Waals surface area contributed by atoms with Gasteiger partial charge in [-0.1, -0.05) is 19.9 Å².